The van der Waals surface area contributed by atoms with E-state index in [9.17, 15) is 4.79 Å². The van der Waals surface area contributed by atoms with Crippen molar-refractivity contribution in [1.29, 1.82) is 0 Å². The Morgan fingerprint density at radius 3 is 2.41 bits per heavy atom. The van der Waals surface area contributed by atoms with Gasteiger partial charge in [0.25, 0.3) is 0 Å². The summed E-state index contributed by atoms with van der Waals surface area (Å²) in [5, 5.41) is 3.93. The van der Waals surface area contributed by atoms with Crippen LogP contribution in [0.25, 0.3) is 11.3 Å². The summed E-state index contributed by atoms with van der Waals surface area (Å²) >= 11 is 1.34. The molecule has 1 aliphatic rings. The van der Waals surface area contributed by atoms with Gasteiger partial charge in [-0.2, -0.15) is 0 Å². The van der Waals surface area contributed by atoms with Gasteiger partial charge in [0.05, 0.1) is 5.69 Å². The van der Waals surface area contributed by atoms with E-state index in [1.807, 2.05) is 78.9 Å². The molecule has 1 aliphatic heterocycles. The molecule has 0 unspecified atom stereocenters. The van der Waals surface area contributed by atoms with E-state index in [2.05, 4.69) is 5.32 Å². The van der Waals surface area contributed by atoms with Crippen molar-refractivity contribution in [3.63, 3.8) is 0 Å². The fourth-order valence-electron chi connectivity index (χ4n) is 3.14. The smallest absolute Gasteiger partial charge is 0.231 e. The van der Waals surface area contributed by atoms with Crippen molar-refractivity contribution in [2.45, 2.75) is 0 Å². The predicted molar refractivity (Wildman–Crippen MR) is 113 cm³/mol. The zero-order valence-electron chi connectivity index (χ0n) is 15.3. The summed E-state index contributed by atoms with van der Waals surface area (Å²) in [5.41, 5.74) is 3.04. The summed E-state index contributed by atoms with van der Waals surface area (Å²) in [4.78, 5) is 18.5. The zero-order valence-corrected chi connectivity index (χ0v) is 16.1. The number of hydrogen-bond acceptors (Lipinski definition) is 6. The standard InChI is InChI=1S/C23H16N2O3S/c26-21(16-9-5-2-6-10-16)22-20(15-7-3-1-4-8-15)25-23(29-22)24-17-11-12-18-19(13-17)28-14-27-18/h1-13H,14H2,(H,24,25). The third-order valence-corrected chi connectivity index (χ3v) is 5.51. The first-order chi connectivity index (χ1) is 14.3. The number of fused-ring (bicyclic) bond motifs is 1. The lowest BCUT2D eigenvalue weighted by molar-refractivity contribution is 0.104. The fraction of sp³-hybridized carbons (Fsp3) is 0.0435. The summed E-state index contributed by atoms with van der Waals surface area (Å²) in [5.74, 6) is 1.37. The van der Waals surface area contributed by atoms with Crippen molar-refractivity contribution in [1.82, 2.24) is 4.98 Å². The summed E-state index contributed by atoms with van der Waals surface area (Å²) in [7, 11) is 0. The van der Waals surface area contributed by atoms with Gasteiger partial charge in [-0.1, -0.05) is 72.0 Å². The van der Waals surface area contributed by atoms with E-state index in [4.69, 9.17) is 14.5 Å². The average molecular weight is 400 g/mol. The number of aromatic nitrogens is 1. The molecule has 0 amide bonds. The van der Waals surface area contributed by atoms with Crippen molar-refractivity contribution in [2.75, 3.05) is 12.1 Å². The molecule has 4 aromatic rings. The molecule has 0 spiro atoms. The van der Waals surface area contributed by atoms with E-state index in [0.29, 0.717) is 27.0 Å². The lowest BCUT2D eigenvalue weighted by Gasteiger charge is -2.03. The first-order valence-corrected chi connectivity index (χ1v) is 9.92. The number of thiazole rings is 1. The molecule has 6 heteroatoms. The maximum atomic E-state index is 13.2. The second kappa shape index (κ2) is 7.41. The number of ether oxygens (including phenoxy) is 2. The molecule has 5 nitrogen and oxygen atoms in total. The van der Waals surface area contributed by atoms with Crippen molar-refractivity contribution >= 4 is 27.9 Å². The van der Waals surface area contributed by atoms with Crippen molar-refractivity contribution in [3.05, 3.63) is 89.3 Å². The first-order valence-electron chi connectivity index (χ1n) is 9.10. The van der Waals surface area contributed by atoms with Crippen LogP contribution in [0.4, 0.5) is 10.8 Å². The molecule has 0 aliphatic carbocycles. The van der Waals surface area contributed by atoms with Crippen LogP contribution in [0.5, 0.6) is 11.5 Å². The molecule has 5 rings (SSSR count). The quantitative estimate of drug-likeness (QED) is 0.448. The highest BCUT2D eigenvalue weighted by atomic mass is 32.1. The first kappa shape index (κ1) is 17.5. The minimum absolute atomic E-state index is 0.0410. The van der Waals surface area contributed by atoms with Gasteiger partial charge in [0.1, 0.15) is 4.88 Å². The summed E-state index contributed by atoms with van der Waals surface area (Å²) in [6.45, 7) is 0.226. The van der Waals surface area contributed by atoms with Gasteiger partial charge in [-0.3, -0.25) is 4.79 Å². The number of carbonyl (C=O) groups is 1. The Kier molecular flexibility index (Phi) is 4.46. The molecule has 0 saturated heterocycles. The normalized spacial score (nSPS) is 12.0. The Labute approximate surface area is 171 Å². The Hall–Kier alpha value is -3.64. The number of ketones is 1. The van der Waals surface area contributed by atoms with Gasteiger partial charge < -0.3 is 14.8 Å². The topological polar surface area (TPSA) is 60.5 Å². The highest BCUT2D eigenvalue weighted by molar-refractivity contribution is 7.18. The molecule has 1 N–H and O–H groups in total. The van der Waals surface area contributed by atoms with E-state index < -0.39 is 0 Å². The van der Waals surface area contributed by atoms with Crippen LogP contribution in [0.1, 0.15) is 15.2 Å². The minimum Gasteiger partial charge on any atom is -0.454 e. The minimum atomic E-state index is -0.0410. The number of hydrogen-bond donors (Lipinski definition) is 1. The summed E-state index contributed by atoms with van der Waals surface area (Å²) in [6.07, 6.45) is 0. The second-order valence-electron chi connectivity index (χ2n) is 6.45. The SMILES string of the molecule is O=C(c1ccccc1)c1sc(Nc2ccc3c(c2)OCO3)nc1-c1ccccc1. The number of carbonyl (C=O) groups excluding carboxylic acids is 1. The second-order valence-corrected chi connectivity index (χ2v) is 7.45. The molecule has 0 fully saturated rings. The molecular weight excluding hydrogens is 384 g/mol. The molecule has 2 heterocycles. The zero-order chi connectivity index (χ0) is 19.6. The molecule has 0 atom stereocenters. The van der Waals surface area contributed by atoms with E-state index in [1.54, 1.807) is 0 Å². The van der Waals surface area contributed by atoms with Gasteiger partial charge >= 0.3 is 0 Å². The van der Waals surface area contributed by atoms with Crippen LogP contribution in [0.3, 0.4) is 0 Å². The number of benzene rings is 3. The van der Waals surface area contributed by atoms with E-state index in [0.717, 1.165) is 17.0 Å². The molecule has 29 heavy (non-hydrogen) atoms. The lowest BCUT2D eigenvalue weighted by Crippen LogP contribution is -2.00. The predicted octanol–water partition coefficient (Wildman–Crippen LogP) is 5.51. The molecule has 1 aromatic heterocycles. The van der Waals surface area contributed by atoms with E-state index >= 15 is 0 Å². The van der Waals surface area contributed by atoms with Crippen molar-refractivity contribution in [2.24, 2.45) is 0 Å². The van der Waals surface area contributed by atoms with E-state index in [-0.39, 0.29) is 12.6 Å². The van der Waals surface area contributed by atoms with Crippen molar-refractivity contribution in [3.8, 4) is 22.8 Å². The van der Waals surface area contributed by atoms with Gasteiger partial charge in [-0.25, -0.2) is 4.98 Å². The maximum Gasteiger partial charge on any atom is 0.231 e. The largest absolute Gasteiger partial charge is 0.454 e. The average Bonchev–Trinajstić information content (AvgIpc) is 3.41. The van der Waals surface area contributed by atoms with Gasteiger partial charge in [-0.05, 0) is 12.1 Å². The molecular formula is C23H16N2O3S. The van der Waals surface area contributed by atoms with Gasteiger partial charge in [0.2, 0.25) is 12.6 Å². The molecule has 3 aromatic carbocycles. The number of nitrogens with one attached hydrogen (secondary N) is 1. The Morgan fingerprint density at radius 2 is 1.62 bits per heavy atom. The summed E-state index contributed by atoms with van der Waals surface area (Å²) < 4.78 is 10.8. The van der Waals surface area contributed by atoms with Crippen LogP contribution in [-0.2, 0) is 0 Å². The number of rotatable bonds is 5. The number of anilines is 2. The molecule has 0 radical (unpaired) electrons. The monoisotopic (exact) mass is 400 g/mol. The summed E-state index contributed by atoms with van der Waals surface area (Å²) in [6, 6.07) is 24.6. The third-order valence-electron chi connectivity index (χ3n) is 4.54. The Balaban J connectivity index is 1.53. The number of nitrogens with zero attached hydrogens (tertiary/aromatic N) is 1. The molecule has 142 valence electrons. The fourth-order valence-corrected chi connectivity index (χ4v) is 4.11. The molecule has 0 saturated carbocycles. The highest BCUT2D eigenvalue weighted by Crippen LogP contribution is 2.38. The molecule has 0 bridgehead atoms. The van der Waals surface area contributed by atoms with E-state index in [1.165, 1.54) is 11.3 Å². The Morgan fingerprint density at radius 1 is 0.897 bits per heavy atom. The van der Waals surface area contributed by atoms with Crippen molar-refractivity contribution < 1.29 is 14.3 Å². The highest BCUT2D eigenvalue weighted by Gasteiger charge is 2.21. The maximum absolute atomic E-state index is 13.2. The van der Waals surface area contributed by atoms with Crippen LogP contribution >= 0.6 is 11.3 Å². The van der Waals surface area contributed by atoms with Crippen LogP contribution in [0, 0.1) is 0 Å². The van der Waals surface area contributed by atoms with Crippen LogP contribution < -0.4 is 14.8 Å². The van der Waals surface area contributed by atoms with Crippen LogP contribution in [0.2, 0.25) is 0 Å². The Bertz CT molecular complexity index is 1170. The van der Waals surface area contributed by atoms with Gasteiger partial charge in [0.15, 0.2) is 16.6 Å². The third kappa shape index (κ3) is 3.46. The van der Waals surface area contributed by atoms with Gasteiger partial charge in [0, 0.05) is 22.9 Å². The van der Waals surface area contributed by atoms with Crippen LogP contribution in [-0.4, -0.2) is 17.6 Å². The lowest BCUT2D eigenvalue weighted by atomic mass is 10.1. The van der Waals surface area contributed by atoms with Gasteiger partial charge in [-0.15, -0.1) is 0 Å². The van der Waals surface area contributed by atoms with Crippen LogP contribution in [0.15, 0.2) is 78.9 Å².